The Kier molecular flexibility index (Phi) is 7.32. The van der Waals surface area contributed by atoms with Crippen LogP contribution in [-0.4, -0.2) is 69.3 Å². The van der Waals surface area contributed by atoms with Crippen molar-refractivity contribution in [3.05, 3.63) is 35.2 Å². The van der Waals surface area contributed by atoms with E-state index in [2.05, 4.69) is 15.8 Å². The molecule has 2 aliphatic rings. The average Bonchev–Trinajstić information content (AvgIpc) is 3.48. The summed E-state index contributed by atoms with van der Waals surface area (Å²) in [6, 6.07) is 4.73. The lowest BCUT2D eigenvalue weighted by atomic mass is 10.1. The minimum Gasteiger partial charge on any atom is -0.381 e. The molecule has 3 heterocycles. The summed E-state index contributed by atoms with van der Waals surface area (Å²) in [5.41, 5.74) is 1.90. The van der Waals surface area contributed by atoms with Crippen LogP contribution < -0.4 is 10.6 Å². The summed E-state index contributed by atoms with van der Waals surface area (Å²) in [6.07, 6.45) is 2.59. The topological polar surface area (TPSA) is 123 Å². The smallest absolute Gasteiger partial charge is 0.261 e. The molecule has 4 rings (SSSR count). The molecule has 180 valence electrons. The van der Waals surface area contributed by atoms with Crippen LogP contribution in [0.15, 0.2) is 27.6 Å². The third-order valence-electron chi connectivity index (χ3n) is 5.89. The molecule has 1 unspecified atom stereocenters. The summed E-state index contributed by atoms with van der Waals surface area (Å²) in [4.78, 5) is 13.2. The van der Waals surface area contributed by atoms with Crippen molar-refractivity contribution in [2.75, 3.05) is 50.1 Å². The van der Waals surface area contributed by atoms with Gasteiger partial charge in [0.2, 0.25) is 10.0 Å². The van der Waals surface area contributed by atoms with Crippen LogP contribution >= 0.6 is 0 Å². The number of aryl methyl sites for hydroxylation is 2. The quantitative estimate of drug-likeness (QED) is 0.593. The van der Waals surface area contributed by atoms with Crippen LogP contribution in [0.5, 0.6) is 0 Å². The molecule has 2 aliphatic heterocycles. The van der Waals surface area contributed by atoms with Gasteiger partial charge in [-0.15, -0.1) is 0 Å². The van der Waals surface area contributed by atoms with Crippen LogP contribution in [0, 0.1) is 6.92 Å². The number of nitrogens with one attached hydrogen (secondary N) is 2. The number of amides is 1. The van der Waals surface area contributed by atoms with Gasteiger partial charge in [0.05, 0.1) is 41.3 Å². The Morgan fingerprint density at radius 2 is 2.00 bits per heavy atom. The first-order chi connectivity index (χ1) is 15.9. The Bertz CT molecular complexity index is 1090. The average molecular weight is 479 g/mol. The third-order valence-corrected chi connectivity index (χ3v) is 7.78. The van der Waals surface area contributed by atoms with Gasteiger partial charge in [-0.05, 0) is 44.4 Å². The predicted molar refractivity (Wildman–Crippen MR) is 122 cm³/mol. The molecule has 2 fully saturated rings. The lowest BCUT2D eigenvalue weighted by molar-refractivity contribution is 0.0730. The molecule has 2 N–H and O–H groups in total. The Morgan fingerprint density at radius 3 is 2.70 bits per heavy atom. The zero-order valence-electron chi connectivity index (χ0n) is 18.9. The van der Waals surface area contributed by atoms with Gasteiger partial charge >= 0.3 is 0 Å². The first kappa shape index (κ1) is 23.7. The second-order valence-corrected chi connectivity index (χ2v) is 10.0. The van der Waals surface area contributed by atoms with Gasteiger partial charge in [-0.2, -0.15) is 4.31 Å². The van der Waals surface area contributed by atoms with Crippen LogP contribution in [0.1, 0.15) is 41.6 Å². The van der Waals surface area contributed by atoms with Crippen molar-refractivity contribution in [2.45, 2.75) is 44.1 Å². The highest BCUT2D eigenvalue weighted by Crippen LogP contribution is 2.29. The summed E-state index contributed by atoms with van der Waals surface area (Å²) in [6.45, 7) is 6.16. The van der Waals surface area contributed by atoms with Gasteiger partial charge in [0.15, 0.2) is 0 Å². The maximum Gasteiger partial charge on any atom is 0.261 e. The number of carbonyl (C=O) groups excluding carboxylic acids is 1. The lowest BCUT2D eigenvalue weighted by Crippen LogP contribution is -2.40. The Morgan fingerprint density at radius 1 is 1.21 bits per heavy atom. The molecule has 0 bridgehead atoms. The molecule has 0 spiro atoms. The van der Waals surface area contributed by atoms with E-state index in [-0.39, 0.29) is 11.0 Å². The Hall–Kier alpha value is -2.47. The minimum absolute atomic E-state index is 0.0809. The highest BCUT2D eigenvalue weighted by Gasteiger charge is 2.28. The number of carbonyl (C=O) groups is 1. The molecule has 0 radical (unpaired) electrons. The lowest BCUT2D eigenvalue weighted by Gasteiger charge is -2.26. The fourth-order valence-electron chi connectivity index (χ4n) is 4.04. The first-order valence-corrected chi connectivity index (χ1v) is 12.7. The van der Waals surface area contributed by atoms with Crippen molar-refractivity contribution >= 4 is 27.3 Å². The highest BCUT2D eigenvalue weighted by molar-refractivity contribution is 7.89. The standard InChI is InChI=1S/C22H30N4O6S/c1-3-18-21(15(2)32-25-18)22(27)24-20-13-17(33(28,29)26-8-11-30-12-9-26)6-7-19(20)23-14-16-5-4-10-31-16/h6-7,13,16,23H,3-5,8-12,14H2,1-2H3,(H,24,27). The number of hydrogen-bond donors (Lipinski definition) is 2. The molecular weight excluding hydrogens is 448 g/mol. The summed E-state index contributed by atoms with van der Waals surface area (Å²) >= 11 is 0. The number of sulfonamides is 1. The second kappa shape index (κ2) is 10.2. The van der Waals surface area contributed by atoms with E-state index < -0.39 is 15.9 Å². The number of nitrogens with zero attached hydrogens (tertiary/aromatic N) is 2. The molecule has 33 heavy (non-hydrogen) atoms. The number of morpholine rings is 1. The predicted octanol–water partition coefficient (Wildman–Crippen LogP) is 2.41. The van der Waals surface area contributed by atoms with Gasteiger partial charge in [0.1, 0.15) is 11.3 Å². The first-order valence-electron chi connectivity index (χ1n) is 11.2. The monoisotopic (exact) mass is 478 g/mol. The Balaban J connectivity index is 1.63. The van der Waals surface area contributed by atoms with Gasteiger partial charge in [-0.25, -0.2) is 8.42 Å². The summed E-state index contributed by atoms with van der Waals surface area (Å²) in [5.74, 6) is 0.0157. The number of rotatable bonds is 8. The van der Waals surface area contributed by atoms with Crippen molar-refractivity contribution < 1.29 is 27.2 Å². The van der Waals surface area contributed by atoms with E-state index in [0.29, 0.717) is 67.7 Å². The zero-order valence-corrected chi connectivity index (χ0v) is 19.7. The molecule has 2 saturated heterocycles. The van der Waals surface area contributed by atoms with E-state index in [9.17, 15) is 13.2 Å². The molecular formula is C22H30N4O6S. The molecule has 0 saturated carbocycles. The van der Waals surface area contributed by atoms with E-state index in [1.54, 1.807) is 19.1 Å². The van der Waals surface area contributed by atoms with E-state index in [1.165, 1.54) is 10.4 Å². The van der Waals surface area contributed by atoms with E-state index >= 15 is 0 Å². The van der Waals surface area contributed by atoms with Gasteiger partial charge in [0, 0.05) is 26.2 Å². The van der Waals surface area contributed by atoms with Crippen molar-refractivity contribution in [2.24, 2.45) is 0 Å². The van der Waals surface area contributed by atoms with Crippen molar-refractivity contribution in [1.82, 2.24) is 9.46 Å². The molecule has 0 aliphatic carbocycles. The number of hydrogen-bond acceptors (Lipinski definition) is 8. The van der Waals surface area contributed by atoms with Crippen molar-refractivity contribution in [1.29, 1.82) is 0 Å². The van der Waals surface area contributed by atoms with Crippen molar-refractivity contribution in [3.63, 3.8) is 0 Å². The molecule has 10 nitrogen and oxygen atoms in total. The van der Waals surface area contributed by atoms with Crippen LogP contribution in [0.3, 0.4) is 0 Å². The minimum atomic E-state index is -3.72. The van der Waals surface area contributed by atoms with Crippen LogP contribution in [0.4, 0.5) is 11.4 Å². The third kappa shape index (κ3) is 5.21. The molecule has 1 aromatic carbocycles. The van der Waals surface area contributed by atoms with Gasteiger partial charge in [0.25, 0.3) is 5.91 Å². The number of benzene rings is 1. The van der Waals surface area contributed by atoms with E-state index in [4.69, 9.17) is 14.0 Å². The Labute approximate surface area is 193 Å². The molecule has 1 amide bonds. The van der Waals surface area contributed by atoms with Gasteiger partial charge in [-0.1, -0.05) is 12.1 Å². The fourth-order valence-corrected chi connectivity index (χ4v) is 5.48. The van der Waals surface area contributed by atoms with E-state index in [0.717, 1.165) is 19.4 Å². The highest BCUT2D eigenvalue weighted by atomic mass is 32.2. The van der Waals surface area contributed by atoms with Gasteiger partial charge in [-0.3, -0.25) is 4.79 Å². The molecule has 1 atom stereocenters. The second-order valence-electron chi connectivity index (χ2n) is 8.11. The van der Waals surface area contributed by atoms with Crippen LogP contribution in [0.2, 0.25) is 0 Å². The van der Waals surface area contributed by atoms with Crippen LogP contribution in [0.25, 0.3) is 0 Å². The van der Waals surface area contributed by atoms with Crippen LogP contribution in [-0.2, 0) is 25.9 Å². The SMILES string of the molecule is CCc1noc(C)c1C(=O)Nc1cc(S(=O)(=O)N2CCOCC2)ccc1NCC1CCCO1. The van der Waals surface area contributed by atoms with E-state index in [1.807, 2.05) is 6.92 Å². The largest absolute Gasteiger partial charge is 0.381 e. The summed E-state index contributed by atoms with van der Waals surface area (Å²) in [5, 5.41) is 10.1. The number of aromatic nitrogens is 1. The normalized spacial score (nSPS) is 19.5. The van der Waals surface area contributed by atoms with Crippen molar-refractivity contribution in [3.8, 4) is 0 Å². The molecule has 11 heteroatoms. The molecule has 2 aromatic rings. The molecule has 1 aromatic heterocycles. The maximum atomic E-state index is 13.2. The van der Waals surface area contributed by atoms with Gasteiger partial charge < -0.3 is 24.6 Å². The number of anilines is 2. The zero-order chi connectivity index (χ0) is 23.4. The number of ether oxygens (including phenoxy) is 2. The summed E-state index contributed by atoms with van der Waals surface area (Å²) < 4.78 is 43.9. The summed E-state index contributed by atoms with van der Waals surface area (Å²) in [7, 11) is -3.72. The fraction of sp³-hybridized carbons (Fsp3) is 0.545. The maximum absolute atomic E-state index is 13.2.